The third-order valence-corrected chi connectivity index (χ3v) is 4.45. The summed E-state index contributed by atoms with van der Waals surface area (Å²) in [5, 5.41) is 1.40. The number of nitrogens with zero attached hydrogens (tertiary/aromatic N) is 5. The van der Waals surface area contributed by atoms with E-state index in [0.29, 0.717) is 16.2 Å². The number of carbonyl (C=O) groups is 2. The molecular weight excluding hydrogens is 376 g/mol. The number of anilines is 1. The molecule has 0 saturated carbocycles. The maximum Gasteiger partial charge on any atom is 0.275 e. The molecule has 0 bridgehead atoms. The van der Waals surface area contributed by atoms with Crippen LogP contribution in [-0.4, -0.2) is 38.0 Å². The van der Waals surface area contributed by atoms with Gasteiger partial charge in [0.1, 0.15) is 10.2 Å². The Morgan fingerprint density at radius 1 is 1.35 bits per heavy atom. The van der Waals surface area contributed by atoms with Crippen LogP contribution in [0.4, 0.5) is 11.5 Å². The van der Waals surface area contributed by atoms with Crippen molar-refractivity contribution < 1.29 is 9.59 Å². The molecule has 26 heavy (non-hydrogen) atoms. The van der Waals surface area contributed by atoms with Crippen molar-refractivity contribution in [3.8, 4) is 11.4 Å². The van der Waals surface area contributed by atoms with Crippen molar-refractivity contribution in [1.82, 2.24) is 20.0 Å². The zero-order valence-electron chi connectivity index (χ0n) is 13.6. The van der Waals surface area contributed by atoms with Crippen LogP contribution < -0.4 is 5.43 Å². The fraction of sp³-hybridized carbons (Fsp3) is 0.125. The van der Waals surface area contributed by atoms with Crippen molar-refractivity contribution in [3.05, 3.63) is 46.5 Å². The number of amides is 2. The molecule has 2 aromatic heterocycles. The lowest BCUT2D eigenvalue weighted by molar-refractivity contribution is -0.135. The first kappa shape index (κ1) is 17.8. The summed E-state index contributed by atoms with van der Waals surface area (Å²) in [5.74, 6) is -0.768. The molecular formula is C16H11ClN6O2S. The van der Waals surface area contributed by atoms with Gasteiger partial charge in [0.15, 0.2) is 11.6 Å². The zero-order chi connectivity index (χ0) is 18.8. The Morgan fingerprint density at radius 3 is 2.69 bits per heavy atom. The Balaban J connectivity index is 2.11. The van der Waals surface area contributed by atoms with Gasteiger partial charge in [0.2, 0.25) is 0 Å². The minimum Gasteiger partial charge on any atom is -0.281 e. The van der Waals surface area contributed by atoms with Gasteiger partial charge in [-0.15, -0.1) is 11.8 Å². The quantitative estimate of drug-likeness (QED) is 0.284. The predicted molar refractivity (Wildman–Crippen MR) is 97.5 cm³/mol. The van der Waals surface area contributed by atoms with Crippen molar-refractivity contribution in [3.63, 3.8) is 0 Å². The molecule has 0 fully saturated rings. The molecule has 3 heterocycles. The van der Waals surface area contributed by atoms with E-state index in [1.54, 1.807) is 18.4 Å². The van der Waals surface area contributed by atoms with Crippen LogP contribution in [0.25, 0.3) is 16.2 Å². The molecule has 3 rings (SSSR count). The van der Waals surface area contributed by atoms with Crippen LogP contribution in [-0.2, 0) is 9.59 Å². The van der Waals surface area contributed by atoms with Gasteiger partial charge in [-0.25, -0.2) is 19.8 Å². The summed E-state index contributed by atoms with van der Waals surface area (Å²) in [7, 11) is 0. The number of carbonyl (C=O) groups excluding carboxylic acids is 2. The van der Waals surface area contributed by atoms with Gasteiger partial charge in [-0.05, 0) is 25.3 Å². The van der Waals surface area contributed by atoms with Crippen LogP contribution in [0.3, 0.4) is 0 Å². The highest BCUT2D eigenvalue weighted by Crippen LogP contribution is 2.36. The molecule has 0 saturated heterocycles. The molecule has 2 aromatic rings. The zero-order valence-corrected chi connectivity index (χ0v) is 15.2. The first-order valence-electron chi connectivity index (χ1n) is 7.24. The number of thioether (sulfide) groups is 1. The highest BCUT2D eigenvalue weighted by Gasteiger charge is 2.30. The van der Waals surface area contributed by atoms with Gasteiger partial charge in [0, 0.05) is 17.8 Å². The van der Waals surface area contributed by atoms with E-state index in [4.69, 9.17) is 18.2 Å². The third-order valence-electron chi connectivity index (χ3n) is 3.48. The molecule has 130 valence electrons. The van der Waals surface area contributed by atoms with E-state index < -0.39 is 11.8 Å². The molecule has 0 radical (unpaired) electrons. The molecule has 0 unspecified atom stereocenters. The summed E-state index contributed by atoms with van der Waals surface area (Å²) in [5.41, 5.74) is 3.50. The number of imide groups is 1. The van der Waals surface area contributed by atoms with E-state index in [2.05, 4.69) is 25.2 Å². The maximum atomic E-state index is 12.1. The molecule has 1 aliphatic heterocycles. The highest BCUT2D eigenvalue weighted by atomic mass is 35.5. The molecule has 8 nitrogen and oxygen atoms in total. The molecule has 0 atom stereocenters. The minimum absolute atomic E-state index is 0.0408. The second-order valence-electron chi connectivity index (χ2n) is 5.13. The summed E-state index contributed by atoms with van der Waals surface area (Å²) < 4.78 is 0. The predicted octanol–water partition coefficient (Wildman–Crippen LogP) is 3.11. The molecule has 0 spiro atoms. The van der Waals surface area contributed by atoms with Crippen molar-refractivity contribution in [2.75, 3.05) is 11.7 Å². The van der Waals surface area contributed by atoms with Crippen LogP contribution in [0, 0.1) is 6.57 Å². The lowest BCUT2D eigenvalue weighted by Gasteiger charge is -2.18. The second-order valence-corrected chi connectivity index (χ2v) is 6.28. The Bertz CT molecular complexity index is 1000. The van der Waals surface area contributed by atoms with Crippen LogP contribution >= 0.6 is 23.4 Å². The number of pyridine rings is 1. The molecule has 1 N–H and O–H groups in total. The van der Waals surface area contributed by atoms with Gasteiger partial charge < -0.3 is 0 Å². The maximum absolute atomic E-state index is 12.1. The average Bonchev–Trinajstić information content (AvgIpc) is 2.87. The van der Waals surface area contributed by atoms with E-state index >= 15 is 0 Å². The fourth-order valence-corrected chi connectivity index (χ4v) is 2.95. The summed E-state index contributed by atoms with van der Waals surface area (Å²) >= 11 is 7.35. The Hall–Kier alpha value is -2.96. The van der Waals surface area contributed by atoms with Crippen molar-refractivity contribution in [2.45, 2.75) is 11.9 Å². The Morgan fingerprint density at radius 2 is 2.12 bits per heavy atom. The SMILES string of the molecule is [C-]#[N+]c1c(NN2C(=O)C=C(C)C2=O)nc(-c2cccnc2Cl)nc1SC. The van der Waals surface area contributed by atoms with Gasteiger partial charge in [0.05, 0.1) is 12.1 Å². The van der Waals surface area contributed by atoms with Gasteiger partial charge in [-0.1, -0.05) is 11.6 Å². The minimum atomic E-state index is -0.534. The van der Waals surface area contributed by atoms with Crippen molar-refractivity contribution in [1.29, 1.82) is 0 Å². The van der Waals surface area contributed by atoms with Crippen LogP contribution in [0.15, 0.2) is 35.0 Å². The van der Waals surface area contributed by atoms with Crippen LogP contribution in [0.5, 0.6) is 0 Å². The lowest BCUT2D eigenvalue weighted by Crippen LogP contribution is -2.36. The Kier molecular flexibility index (Phi) is 4.88. The molecule has 1 aliphatic rings. The smallest absolute Gasteiger partial charge is 0.275 e. The molecule has 0 aromatic carbocycles. The monoisotopic (exact) mass is 386 g/mol. The third kappa shape index (κ3) is 3.12. The van der Waals surface area contributed by atoms with Gasteiger partial charge in [-0.3, -0.25) is 15.0 Å². The van der Waals surface area contributed by atoms with Crippen LogP contribution in [0.2, 0.25) is 5.15 Å². The topological polar surface area (TPSA) is 92.4 Å². The van der Waals surface area contributed by atoms with E-state index in [9.17, 15) is 9.59 Å². The number of hydrazine groups is 1. The largest absolute Gasteiger partial charge is 0.281 e. The normalized spacial score (nSPS) is 13.6. The van der Waals surface area contributed by atoms with E-state index in [0.717, 1.165) is 5.01 Å². The number of hydrogen-bond acceptors (Lipinski definition) is 7. The first-order chi connectivity index (χ1) is 12.5. The summed E-state index contributed by atoms with van der Waals surface area (Å²) in [6.07, 6.45) is 4.50. The molecule has 2 amide bonds. The lowest BCUT2D eigenvalue weighted by atomic mass is 10.2. The Labute approximate surface area is 158 Å². The van der Waals surface area contributed by atoms with Gasteiger partial charge in [0.25, 0.3) is 17.5 Å². The number of aromatic nitrogens is 3. The van der Waals surface area contributed by atoms with Gasteiger partial charge in [-0.2, -0.15) is 5.01 Å². The number of rotatable bonds is 4. The van der Waals surface area contributed by atoms with Crippen LogP contribution in [0.1, 0.15) is 6.92 Å². The summed E-state index contributed by atoms with van der Waals surface area (Å²) in [4.78, 5) is 40.2. The summed E-state index contributed by atoms with van der Waals surface area (Å²) in [6.45, 7) is 8.95. The van der Waals surface area contributed by atoms with E-state index in [1.165, 1.54) is 31.0 Å². The molecule has 0 aliphatic carbocycles. The van der Waals surface area contributed by atoms with Crippen molar-refractivity contribution >= 4 is 46.7 Å². The standard InChI is InChI=1S/C16H11ClN6O2S/c1-8-7-10(24)23(16(8)25)22-14-11(18-2)15(26-3)21-13(20-14)9-5-4-6-19-12(9)17/h4-7H,1,3H3,(H,20,21,22). The van der Waals surface area contributed by atoms with Crippen molar-refractivity contribution in [2.24, 2.45) is 0 Å². The van der Waals surface area contributed by atoms with Gasteiger partial charge >= 0.3 is 0 Å². The first-order valence-corrected chi connectivity index (χ1v) is 8.84. The molecule has 10 heteroatoms. The number of halogens is 1. The van der Waals surface area contributed by atoms with E-state index in [1.807, 2.05) is 0 Å². The summed E-state index contributed by atoms with van der Waals surface area (Å²) in [6, 6.07) is 3.37. The fourth-order valence-electron chi connectivity index (χ4n) is 2.23. The number of nitrogens with one attached hydrogen (secondary N) is 1. The number of hydrogen-bond donors (Lipinski definition) is 1. The average molecular weight is 387 g/mol. The highest BCUT2D eigenvalue weighted by molar-refractivity contribution is 7.98. The second kappa shape index (κ2) is 7.11. The van der Waals surface area contributed by atoms with E-state index in [-0.39, 0.29) is 22.5 Å².